The van der Waals surface area contributed by atoms with Gasteiger partial charge in [-0.15, -0.1) is 0 Å². The monoisotopic (exact) mass is 219 g/mol. The van der Waals surface area contributed by atoms with Crippen LogP contribution in [0.4, 0.5) is 0 Å². The lowest BCUT2D eigenvalue weighted by atomic mass is 10.2. The maximum atomic E-state index is 4.05. The Balaban J connectivity index is 1.85. The Morgan fingerprint density at radius 3 is 2.88 bits per heavy atom. The molecular weight excluding hydrogens is 198 g/mol. The Kier molecular flexibility index (Phi) is 4.31. The topological polar surface area (TPSA) is 28.2 Å². The van der Waals surface area contributed by atoms with Crippen LogP contribution in [0.15, 0.2) is 24.5 Å². The van der Waals surface area contributed by atoms with Crippen LogP contribution in [0.2, 0.25) is 0 Å². The molecular formula is C13H21N3. The number of rotatable bonds is 5. The van der Waals surface area contributed by atoms with E-state index in [0.717, 1.165) is 13.1 Å². The summed E-state index contributed by atoms with van der Waals surface area (Å²) in [5, 5.41) is 3.55. The van der Waals surface area contributed by atoms with Crippen molar-refractivity contribution in [3.63, 3.8) is 0 Å². The van der Waals surface area contributed by atoms with Crippen LogP contribution in [0.5, 0.6) is 0 Å². The molecule has 88 valence electrons. The quantitative estimate of drug-likeness (QED) is 0.816. The lowest BCUT2D eigenvalue weighted by Crippen LogP contribution is -2.37. The fraction of sp³-hybridized carbons (Fsp3) is 0.615. The van der Waals surface area contributed by atoms with Crippen molar-refractivity contribution >= 4 is 0 Å². The van der Waals surface area contributed by atoms with Crippen LogP contribution in [-0.2, 0) is 6.54 Å². The normalized spacial score (nSPS) is 20.5. The molecule has 1 fully saturated rings. The molecule has 0 spiro atoms. The van der Waals surface area contributed by atoms with Gasteiger partial charge in [-0.2, -0.15) is 0 Å². The highest BCUT2D eigenvalue weighted by Crippen LogP contribution is 2.09. The lowest BCUT2D eigenvalue weighted by Gasteiger charge is -2.24. The molecule has 0 amide bonds. The van der Waals surface area contributed by atoms with E-state index in [1.807, 2.05) is 12.4 Å². The lowest BCUT2D eigenvalue weighted by molar-refractivity contribution is 0.253. The van der Waals surface area contributed by atoms with E-state index in [1.165, 1.54) is 31.5 Å². The van der Waals surface area contributed by atoms with Crippen LogP contribution in [0.1, 0.15) is 25.3 Å². The number of likely N-dealkylation sites (N-methyl/N-ethyl adjacent to an activating group) is 1. The van der Waals surface area contributed by atoms with Gasteiger partial charge in [0.1, 0.15) is 0 Å². The summed E-state index contributed by atoms with van der Waals surface area (Å²) in [4.78, 5) is 6.55. The average Bonchev–Trinajstić information content (AvgIpc) is 2.82. The number of hydrogen-bond donors (Lipinski definition) is 1. The summed E-state index contributed by atoms with van der Waals surface area (Å²) in [6.07, 6.45) is 6.40. The van der Waals surface area contributed by atoms with Gasteiger partial charge >= 0.3 is 0 Å². The molecule has 1 saturated heterocycles. The first-order chi connectivity index (χ1) is 7.88. The number of pyridine rings is 1. The van der Waals surface area contributed by atoms with Gasteiger partial charge in [0.2, 0.25) is 0 Å². The Bertz CT molecular complexity index is 293. The van der Waals surface area contributed by atoms with E-state index in [1.54, 1.807) is 0 Å². The third kappa shape index (κ3) is 3.29. The Morgan fingerprint density at radius 1 is 1.44 bits per heavy atom. The molecule has 0 aliphatic carbocycles. The summed E-state index contributed by atoms with van der Waals surface area (Å²) in [5.74, 6) is 0. The molecule has 1 aliphatic rings. The first-order valence-corrected chi connectivity index (χ1v) is 6.23. The predicted octanol–water partition coefficient (Wildman–Crippen LogP) is 1.66. The van der Waals surface area contributed by atoms with Gasteiger partial charge in [-0.3, -0.25) is 9.88 Å². The van der Waals surface area contributed by atoms with Gasteiger partial charge in [0.25, 0.3) is 0 Å². The summed E-state index contributed by atoms with van der Waals surface area (Å²) >= 11 is 0. The van der Waals surface area contributed by atoms with Crippen molar-refractivity contribution in [2.45, 2.75) is 32.4 Å². The van der Waals surface area contributed by atoms with Gasteiger partial charge in [-0.25, -0.2) is 0 Å². The summed E-state index contributed by atoms with van der Waals surface area (Å²) in [5.41, 5.74) is 1.36. The molecule has 0 saturated carbocycles. The predicted molar refractivity (Wildman–Crippen MR) is 66.2 cm³/mol. The van der Waals surface area contributed by atoms with Gasteiger partial charge in [0.15, 0.2) is 0 Å². The second-order valence-corrected chi connectivity index (χ2v) is 4.48. The van der Waals surface area contributed by atoms with E-state index in [4.69, 9.17) is 0 Å². The van der Waals surface area contributed by atoms with Crippen molar-refractivity contribution in [1.29, 1.82) is 0 Å². The van der Waals surface area contributed by atoms with Gasteiger partial charge in [-0.1, -0.05) is 6.92 Å². The average molecular weight is 219 g/mol. The Labute approximate surface area is 97.9 Å². The molecule has 1 N–H and O–H groups in total. The third-order valence-corrected chi connectivity index (χ3v) is 3.24. The molecule has 1 aliphatic heterocycles. The highest BCUT2D eigenvalue weighted by molar-refractivity contribution is 5.09. The minimum atomic E-state index is 0.696. The van der Waals surface area contributed by atoms with Crippen molar-refractivity contribution in [3.05, 3.63) is 30.1 Å². The zero-order valence-electron chi connectivity index (χ0n) is 10.0. The van der Waals surface area contributed by atoms with E-state index in [9.17, 15) is 0 Å². The zero-order valence-corrected chi connectivity index (χ0v) is 10.0. The largest absolute Gasteiger partial charge is 0.313 e. The third-order valence-electron chi connectivity index (χ3n) is 3.24. The molecule has 0 radical (unpaired) electrons. The molecule has 3 heteroatoms. The van der Waals surface area contributed by atoms with Crippen molar-refractivity contribution in [1.82, 2.24) is 15.2 Å². The minimum absolute atomic E-state index is 0.696. The van der Waals surface area contributed by atoms with Crippen molar-refractivity contribution < 1.29 is 0 Å². The molecule has 1 aromatic heterocycles. The van der Waals surface area contributed by atoms with E-state index in [-0.39, 0.29) is 0 Å². The van der Waals surface area contributed by atoms with E-state index in [2.05, 4.69) is 34.3 Å². The van der Waals surface area contributed by atoms with E-state index < -0.39 is 0 Å². The first-order valence-electron chi connectivity index (χ1n) is 6.23. The molecule has 16 heavy (non-hydrogen) atoms. The maximum Gasteiger partial charge on any atom is 0.0271 e. The number of hydrogen-bond acceptors (Lipinski definition) is 3. The van der Waals surface area contributed by atoms with Crippen molar-refractivity contribution in [2.75, 3.05) is 19.6 Å². The smallest absolute Gasteiger partial charge is 0.0271 e. The summed E-state index contributed by atoms with van der Waals surface area (Å²) in [6.45, 7) is 6.74. The fourth-order valence-electron chi connectivity index (χ4n) is 2.28. The number of aromatic nitrogens is 1. The molecule has 0 bridgehead atoms. The molecule has 0 aromatic carbocycles. The molecule has 3 nitrogen and oxygen atoms in total. The highest BCUT2D eigenvalue weighted by Gasteiger charge is 2.16. The highest BCUT2D eigenvalue weighted by atomic mass is 15.1. The van der Waals surface area contributed by atoms with Crippen LogP contribution in [0.25, 0.3) is 0 Å². The van der Waals surface area contributed by atoms with E-state index in [0.29, 0.717) is 6.04 Å². The Morgan fingerprint density at radius 2 is 2.25 bits per heavy atom. The maximum absolute atomic E-state index is 4.05. The molecule has 1 aromatic rings. The minimum Gasteiger partial charge on any atom is -0.313 e. The number of nitrogens with one attached hydrogen (secondary N) is 1. The SMILES string of the molecule is CCN(Cc1ccncc1)C[C@H]1CCCN1. The molecule has 0 unspecified atom stereocenters. The van der Waals surface area contributed by atoms with E-state index >= 15 is 0 Å². The molecule has 1 atom stereocenters. The number of nitrogens with zero attached hydrogens (tertiary/aromatic N) is 2. The second kappa shape index (κ2) is 5.97. The van der Waals surface area contributed by atoms with Crippen LogP contribution in [-0.4, -0.2) is 35.6 Å². The zero-order chi connectivity index (χ0) is 11.2. The molecule has 2 heterocycles. The summed E-state index contributed by atoms with van der Waals surface area (Å²) < 4.78 is 0. The van der Waals surface area contributed by atoms with Crippen molar-refractivity contribution in [3.8, 4) is 0 Å². The van der Waals surface area contributed by atoms with Crippen LogP contribution < -0.4 is 5.32 Å². The Hall–Kier alpha value is -0.930. The van der Waals surface area contributed by atoms with Crippen molar-refractivity contribution in [2.24, 2.45) is 0 Å². The molecule has 2 rings (SSSR count). The van der Waals surface area contributed by atoms with Crippen LogP contribution >= 0.6 is 0 Å². The first kappa shape index (κ1) is 11.6. The standard InChI is InChI=1S/C13H21N3/c1-2-16(11-13-4-3-7-15-13)10-12-5-8-14-9-6-12/h5-6,8-9,13,15H,2-4,7,10-11H2,1H3/t13-/m1/s1. The second-order valence-electron chi connectivity index (χ2n) is 4.48. The fourth-order valence-corrected chi connectivity index (χ4v) is 2.28. The van der Waals surface area contributed by atoms with Gasteiger partial charge in [0.05, 0.1) is 0 Å². The van der Waals surface area contributed by atoms with Crippen LogP contribution in [0.3, 0.4) is 0 Å². The van der Waals surface area contributed by atoms with Crippen LogP contribution in [0, 0.1) is 0 Å². The van der Waals surface area contributed by atoms with Gasteiger partial charge in [-0.05, 0) is 43.6 Å². The van der Waals surface area contributed by atoms with Gasteiger partial charge in [0, 0.05) is 31.5 Å². The summed E-state index contributed by atoms with van der Waals surface area (Å²) in [6, 6.07) is 4.90. The van der Waals surface area contributed by atoms with Gasteiger partial charge < -0.3 is 5.32 Å². The summed E-state index contributed by atoms with van der Waals surface area (Å²) in [7, 11) is 0.